The van der Waals surface area contributed by atoms with Gasteiger partial charge in [-0.25, -0.2) is 9.97 Å². The molecule has 3 heterocycles. The first-order valence-corrected chi connectivity index (χ1v) is 28.8. The Morgan fingerprint density at radius 3 is 1.15 bits per heavy atom. The van der Waals surface area contributed by atoms with E-state index in [0.717, 1.165) is 27.3 Å². The lowest BCUT2D eigenvalue weighted by Gasteiger charge is -2.29. The molecule has 0 saturated carbocycles. The average molecular weight is 968 g/mol. The van der Waals surface area contributed by atoms with E-state index in [4.69, 9.17) is 9.97 Å². The molecule has 29 heteroatoms. The summed E-state index contributed by atoms with van der Waals surface area (Å²) >= 11 is 3.87. The second-order valence-electron chi connectivity index (χ2n) is 23.1. The molecule has 10 rings (SSSR count). The monoisotopic (exact) mass is 973 g/mol. The Hall–Kier alpha value is -4.32. The minimum absolute atomic E-state index is 0.818. The normalized spacial score (nSPS) is 11.7. The molecule has 0 aliphatic rings. The van der Waals surface area contributed by atoms with Gasteiger partial charge in [-0.05, 0) is 61.8 Å². The highest BCUT2D eigenvalue weighted by molar-refractivity contribution is 7.28. The van der Waals surface area contributed by atoms with Crippen molar-refractivity contribution in [1.82, 2.24) is 9.97 Å². The fourth-order valence-corrected chi connectivity index (χ4v) is 16.4. The molecule has 0 aliphatic heterocycles. The SMILES string of the molecule is Bc1c(B)c(B)c(-c2nc(-c3c(B)c(B)c(B)c(B)c3B)c3sc4ccc(-c5c(B)c(B)c(B)c(-c6c(B)c(B)c(B)c(-c7c(B)c(B)c(B)c8c7sc7c(B)c(B)c(B)c(B)c78)c6B)c5B)cc4c3n2)c(B)c1B. The first kappa shape index (κ1) is 54.1. The van der Waals surface area contributed by atoms with Gasteiger partial charge in [0.1, 0.15) is 196 Å². The molecule has 334 valence electrons. The first-order chi connectivity index (χ1) is 35.2. The predicted molar refractivity (Wildman–Crippen MR) is 419 cm³/mol. The number of hydrogen-bond acceptors (Lipinski definition) is 4. The van der Waals surface area contributed by atoms with Gasteiger partial charge < -0.3 is 0 Å². The molecule has 0 fully saturated rings. The quantitative estimate of drug-likeness (QED) is 0.161. The van der Waals surface area contributed by atoms with Crippen LogP contribution in [0.15, 0.2) is 18.2 Å². The summed E-state index contributed by atoms with van der Waals surface area (Å²) in [5.41, 5.74) is 46.5. The Balaban J connectivity index is 1.27. The number of benzene rings is 7. The summed E-state index contributed by atoms with van der Waals surface area (Å²) in [7, 11) is 58.1. The van der Waals surface area contributed by atoms with Crippen LogP contribution in [-0.2, 0) is 0 Å². The Morgan fingerprint density at radius 1 is 0.267 bits per heavy atom. The molecule has 2 nitrogen and oxygen atoms in total. The van der Waals surface area contributed by atoms with Crippen LogP contribution < -0.4 is 137 Å². The minimum Gasteiger partial charge on any atom is -0.227 e. The van der Waals surface area contributed by atoms with Gasteiger partial charge in [-0.2, -0.15) is 0 Å². The van der Waals surface area contributed by atoms with Crippen LogP contribution in [-0.4, -0.2) is 206 Å². The third-order valence-corrected chi connectivity index (χ3v) is 22.7. The van der Waals surface area contributed by atoms with Crippen molar-refractivity contribution in [2.24, 2.45) is 0 Å². The third-order valence-electron chi connectivity index (χ3n) is 20.2. The van der Waals surface area contributed by atoms with E-state index in [0.29, 0.717) is 0 Å². The molecule has 0 saturated heterocycles. The van der Waals surface area contributed by atoms with Gasteiger partial charge in [-0.1, -0.05) is 82.5 Å². The fraction of sp³-hybridized carbons (Fsp3) is 0. The van der Waals surface area contributed by atoms with Crippen molar-refractivity contribution in [2.75, 3.05) is 0 Å². The minimum atomic E-state index is 0.818. The second kappa shape index (κ2) is 19.0. The maximum Gasteiger partial charge on any atom is 0.159 e. The van der Waals surface area contributed by atoms with Gasteiger partial charge in [0.2, 0.25) is 0 Å². The number of hydrogen-bond donors (Lipinski definition) is 0. The van der Waals surface area contributed by atoms with Crippen LogP contribution in [0, 0.1) is 0 Å². The lowest BCUT2D eigenvalue weighted by atomic mass is 9.56. The summed E-state index contributed by atoms with van der Waals surface area (Å²) in [5, 5.41) is 4.09. The van der Waals surface area contributed by atoms with Crippen molar-refractivity contribution in [2.45, 2.75) is 0 Å². The summed E-state index contributed by atoms with van der Waals surface area (Å²) < 4.78 is 5.26. The predicted octanol–water partition coefficient (Wildman–Crippen LogP) is -30.0. The van der Waals surface area contributed by atoms with Crippen LogP contribution in [0.2, 0.25) is 0 Å². The zero-order valence-corrected chi connectivity index (χ0v) is 51.6. The van der Waals surface area contributed by atoms with Gasteiger partial charge in [0, 0.05) is 25.0 Å². The lowest BCUT2D eigenvalue weighted by molar-refractivity contribution is 1.25. The topological polar surface area (TPSA) is 25.8 Å². The zero-order chi connectivity index (χ0) is 54.8. The Morgan fingerprint density at radius 2 is 0.627 bits per heavy atom. The van der Waals surface area contributed by atoms with Gasteiger partial charge in [0.15, 0.2) is 5.82 Å². The molecule has 0 N–H and O–H groups in total. The molecule has 75 heavy (non-hydrogen) atoms. The summed E-state index contributed by atoms with van der Waals surface area (Å²) in [6, 6.07) is 7.22. The molecular formula is C46H53B25N2S2. The standard InChI is InChI=1S/C46H53B25N2S2/c47-16-7(4-1-2-6-5(3-4)41-45(74-6)42(14-25(56)33(64)37(68)34(65)26(14)57)73-46(72-41)15-27(58)35(66)38(69)36(67)28(15)59)18(49)29(60)19(50)8(16)9-17(48)10(21(52)30(61)20(9)51)11-22(53)31(62)23(54)12-13-24(55)32(63)39(70)40(71)44(13)75-43(11)12/h1-3H,47-71H2. The zero-order valence-electron chi connectivity index (χ0n) is 49.9. The number of nitrogens with zero attached hydrogens (tertiary/aromatic N) is 2. The number of thiophene rings is 2. The molecule has 0 atom stereocenters. The summed E-state index contributed by atoms with van der Waals surface area (Å²) in [6.07, 6.45) is 0. The van der Waals surface area contributed by atoms with Gasteiger partial charge in [-0.15, -0.1) is 82.8 Å². The van der Waals surface area contributed by atoms with E-state index in [2.05, 4.69) is 214 Å². The highest BCUT2D eigenvalue weighted by Crippen LogP contribution is 2.40. The summed E-state index contributed by atoms with van der Waals surface area (Å²) in [5.74, 6) is 0.818. The van der Waals surface area contributed by atoms with Crippen LogP contribution in [0.25, 0.3) is 96.5 Å². The van der Waals surface area contributed by atoms with Crippen molar-refractivity contribution in [3.8, 4) is 56.0 Å². The highest BCUT2D eigenvalue weighted by atomic mass is 32.1. The van der Waals surface area contributed by atoms with Crippen LogP contribution in [0.3, 0.4) is 0 Å². The largest absolute Gasteiger partial charge is 0.227 e. The van der Waals surface area contributed by atoms with Crippen molar-refractivity contribution < 1.29 is 0 Å². The van der Waals surface area contributed by atoms with Gasteiger partial charge in [0.05, 0.1) is 15.9 Å². The first-order valence-electron chi connectivity index (χ1n) is 27.2. The van der Waals surface area contributed by atoms with E-state index in [1.165, 1.54) is 206 Å². The molecular weight excluding hydrogens is 915 g/mol. The van der Waals surface area contributed by atoms with Gasteiger partial charge in [0.25, 0.3) is 0 Å². The fourth-order valence-electron chi connectivity index (χ4n) is 13.7. The Bertz CT molecular complexity index is 4260. The molecule has 0 unspecified atom stereocenters. The van der Waals surface area contributed by atoms with Crippen molar-refractivity contribution in [1.29, 1.82) is 0 Å². The van der Waals surface area contributed by atoms with E-state index in [-0.39, 0.29) is 0 Å². The Kier molecular flexibility index (Phi) is 13.7. The van der Waals surface area contributed by atoms with Gasteiger partial charge >= 0.3 is 0 Å². The summed E-state index contributed by atoms with van der Waals surface area (Å²) in [6.45, 7) is 0. The molecule has 10 aromatic rings. The summed E-state index contributed by atoms with van der Waals surface area (Å²) in [4.78, 5) is 11.4. The van der Waals surface area contributed by atoms with E-state index < -0.39 is 0 Å². The molecule has 0 spiro atoms. The number of fused-ring (bicyclic) bond motifs is 6. The van der Waals surface area contributed by atoms with E-state index in [1.807, 2.05) is 22.7 Å². The van der Waals surface area contributed by atoms with Crippen LogP contribution in [0.1, 0.15) is 0 Å². The average Bonchev–Trinajstić information content (AvgIpc) is 3.97. The smallest absolute Gasteiger partial charge is 0.159 e. The lowest BCUT2D eigenvalue weighted by Crippen LogP contribution is -2.55. The molecule has 7 aromatic carbocycles. The second-order valence-corrected chi connectivity index (χ2v) is 25.2. The number of rotatable bonds is 5. The van der Waals surface area contributed by atoms with Crippen molar-refractivity contribution in [3.63, 3.8) is 0 Å². The highest BCUT2D eigenvalue weighted by Gasteiger charge is 2.29. The van der Waals surface area contributed by atoms with Crippen molar-refractivity contribution in [3.05, 3.63) is 18.2 Å². The molecule has 0 bridgehead atoms. The van der Waals surface area contributed by atoms with Crippen LogP contribution in [0.4, 0.5) is 0 Å². The van der Waals surface area contributed by atoms with Crippen LogP contribution in [0.5, 0.6) is 0 Å². The van der Waals surface area contributed by atoms with Crippen LogP contribution >= 0.6 is 22.7 Å². The van der Waals surface area contributed by atoms with Crippen molar-refractivity contribution >= 4 is 396 Å². The van der Waals surface area contributed by atoms with E-state index >= 15 is 0 Å². The Labute approximate surface area is 476 Å². The van der Waals surface area contributed by atoms with Gasteiger partial charge in [-0.3, -0.25) is 0 Å². The van der Waals surface area contributed by atoms with E-state index in [1.54, 1.807) is 0 Å². The molecule has 0 aliphatic carbocycles. The number of aromatic nitrogens is 2. The molecule has 0 radical (unpaired) electrons. The molecule has 3 aromatic heterocycles. The van der Waals surface area contributed by atoms with E-state index in [9.17, 15) is 0 Å². The maximum absolute atomic E-state index is 5.70. The maximum atomic E-state index is 5.70. The molecule has 0 amide bonds. The third kappa shape index (κ3) is 7.62.